The van der Waals surface area contributed by atoms with Crippen LogP contribution >= 0.6 is 0 Å². The van der Waals surface area contributed by atoms with Gasteiger partial charge in [0, 0.05) is 25.2 Å². The number of hydrogen-bond donors (Lipinski definition) is 0. The Hall–Kier alpha value is -1.49. The summed E-state index contributed by atoms with van der Waals surface area (Å²) in [5.41, 5.74) is 0.334. The van der Waals surface area contributed by atoms with Gasteiger partial charge < -0.3 is 0 Å². The molecule has 98 valence electrons. The van der Waals surface area contributed by atoms with Gasteiger partial charge >= 0.3 is 5.69 Å². The van der Waals surface area contributed by atoms with E-state index in [1.807, 2.05) is 0 Å². The average Bonchev–Trinajstić information content (AvgIpc) is 2.57. The van der Waals surface area contributed by atoms with Crippen molar-refractivity contribution in [3.8, 4) is 0 Å². The van der Waals surface area contributed by atoms with E-state index in [2.05, 4.69) is 18.7 Å². The third kappa shape index (κ3) is 2.67. The van der Waals surface area contributed by atoms with Gasteiger partial charge in [-0.25, -0.2) is 0 Å². The molecule has 1 aromatic rings. The third-order valence-corrected chi connectivity index (χ3v) is 3.51. The minimum atomic E-state index is -0.752. The fourth-order valence-electron chi connectivity index (χ4n) is 2.64. The Balaban J connectivity index is 2.11. The third-order valence-electron chi connectivity index (χ3n) is 3.51. The number of nitro benzene ring substituents is 1. The molecule has 1 heterocycles. The molecule has 0 N–H and O–H groups in total. The highest BCUT2D eigenvalue weighted by Crippen LogP contribution is 2.25. The van der Waals surface area contributed by atoms with Crippen molar-refractivity contribution in [2.75, 3.05) is 6.54 Å². The fourth-order valence-corrected chi connectivity index (χ4v) is 2.64. The van der Waals surface area contributed by atoms with Crippen LogP contribution in [0.25, 0.3) is 0 Å². The van der Waals surface area contributed by atoms with Crippen LogP contribution in [0.5, 0.6) is 0 Å². The first kappa shape index (κ1) is 13.0. The minimum absolute atomic E-state index is 0.457. The lowest BCUT2D eigenvalue weighted by molar-refractivity contribution is -0.387. The summed E-state index contributed by atoms with van der Waals surface area (Å²) in [5, 5.41) is 10.5. The molecule has 1 saturated heterocycles. The number of hydrogen-bond acceptors (Lipinski definition) is 3. The number of rotatable bonds is 3. The zero-order valence-corrected chi connectivity index (χ0v) is 10.6. The van der Waals surface area contributed by atoms with Crippen LogP contribution in [0.1, 0.15) is 25.8 Å². The van der Waals surface area contributed by atoms with Gasteiger partial charge in [-0.05, 0) is 30.9 Å². The van der Waals surface area contributed by atoms with Crippen LogP contribution in [-0.4, -0.2) is 22.4 Å². The summed E-state index contributed by atoms with van der Waals surface area (Å²) in [6.07, 6.45) is 1.15. The molecule has 0 radical (unpaired) electrons. The van der Waals surface area contributed by atoms with E-state index in [1.54, 1.807) is 6.07 Å². The van der Waals surface area contributed by atoms with Gasteiger partial charge in [0.25, 0.3) is 0 Å². The van der Waals surface area contributed by atoms with E-state index in [1.165, 1.54) is 12.1 Å². The van der Waals surface area contributed by atoms with Gasteiger partial charge in [0.1, 0.15) is 0 Å². The monoisotopic (exact) mass is 252 g/mol. The fraction of sp³-hybridized carbons (Fsp3) is 0.538. The predicted octanol–water partition coefficient (Wildman–Crippen LogP) is 2.96. The molecule has 0 amide bonds. The Bertz CT molecular complexity index is 464. The summed E-state index contributed by atoms with van der Waals surface area (Å²) in [4.78, 5) is 12.1. The number of likely N-dealkylation sites (tertiary alicyclic amines) is 1. The van der Waals surface area contributed by atoms with Crippen LogP contribution < -0.4 is 0 Å². The lowest BCUT2D eigenvalue weighted by atomic mass is 10.1. The molecule has 1 aromatic carbocycles. The Kier molecular flexibility index (Phi) is 3.61. The van der Waals surface area contributed by atoms with E-state index < -0.39 is 16.4 Å². The molecule has 0 aromatic heterocycles. The number of halogens is 1. The van der Waals surface area contributed by atoms with Crippen molar-refractivity contribution >= 4 is 5.69 Å². The molecule has 2 rings (SSSR count). The smallest absolute Gasteiger partial charge is 0.296 e. The Labute approximate surface area is 106 Å². The van der Waals surface area contributed by atoms with Crippen LogP contribution in [0, 0.1) is 21.8 Å². The maximum Gasteiger partial charge on any atom is 0.304 e. The summed E-state index contributed by atoms with van der Waals surface area (Å²) in [7, 11) is 0. The average molecular weight is 252 g/mol. The van der Waals surface area contributed by atoms with E-state index in [9.17, 15) is 14.5 Å². The van der Waals surface area contributed by atoms with Crippen molar-refractivity contribution in [3.05, 3.63) is 39.7 Å². The molecule has 4 nitrogen and oxygen atoms in total. The lowest BCUT2D eigenvalue weighted by Crippen LogP contribution is -2.26. The molecule has 5 heteroatoms. The molecule has 1 aliphatic heterocycles. The van der Waals surface area contributed by atoms with E-state index in [4.69, 9.17) is 0 Å². The molecule has 1 aliphatic rings. The van der Waals surface area contributed by atoms with Crippen molar-refractivity contribution < 1.29 is 9.31 Å². The summed E-state index contributed by atoms with van der Waals surface area (Å²) >= 11 is 0. The van der Waals surface area contributed by atoms with Crippen LogP contribution in [0.2, 0.25) is 0 Å². The molecule has 0 aliphatic carbocycles. The maximum atomic E-state index is 13.5. The maximum absolute atomic E-state index is 13.5. The quantitative estimate of drug-likeness (QED) is 0.613. The van der Waals surface area contributed by atoms with Gasteiger partial charge in [-0.15, -0.1) is 0 Å². The van der Waals surface area contributed by atoms with Crippen molar-refractivity contribution in [2.45, 2.75) is 32.9 Å². The first-order valence-corrected chi connectivity index (χ1v) is 6.14. The summed E-state index contributed by atoms with van der Waals surface area (Å²) in [6, 6.07) is 4.64. The molecular formula is C13H17FN2O2. The van der Waals surface area contributed by atoms with Crippen LogP contribution in [0.3, 0.4) is 0 Å². The summed E-state index contributed by atoms with van der Waals surface area (Å²) < 4.78 is 13.5. The number of benzene rings is 1. The molecule has 2 unspecified atom stereocenters. The Morgan fingerprint density at radius 2 is 2.22 bits per heavy atom. The number of nitrogens with zero attached hydrogens (tertiary/aromatic N) is 2. The second kappa shape index (κ2) is 5.02. The van der Waals surface area contributed by atoms with Gasteiger partial charge in [-0.3, -0.25) is 15.0 Å². The van der Waals surface area contributed by atoms with Gasteiger partial charge in [0.05, 0.1) is 4.92 Å². The normalized spacial score (nSPS) is 24.4. The molecule has 1 fully saturated rings. The zero-order chi connectivity index (χ0) is 13.3. The number of nitro groups is 1. The Morgan fingerprint density at radius 3 is 2.72 bits per heavy atom. The second-order valence-electron chi connectivity index (χ2n) is 5.16. The van der Waals surface area contributed by atoms with E-state index >= 15 is 0 Å². The van der Waals surface area contributed by atoms with Crippen molar-refractivity contribution in [1.29, 1.82) is 0 Å². The zero-order valence-electron chi connectivity index (χ0n) is 10.6. The molecule has 0 bridgehead atoms. The lowest BCUT2D eigenvalue weighted by Gasteiger charge is -2.20. The summed E-state index contributed by atoms with van der Waals surface area (Å²) in [6.45, 7) is 6.01. The minimum Gasteiger partial charge on any atom is -0.296 e. The molecule has 0 spiro atoms. The largest absolute Gasteiger partial charge is 0.304 e. The highest BCUT2D eigenvalue weighted by atomic mass is 19.1. The molecule has 0 saturated carbocycles. The van der Waals surface area contributed by atoms with Gasteiger partial charge in [-0.1, -0.05) is 13.0 Å². The standard InChI is InChI=1S/C13H17FN2O2/c1-9-5-10(2)15(7-9)8-11-3-4-13(16(17)18)12(14)6-11/h3-4,6,9-10H,5,7-8H2,1-2H3. The first-order chi connectivity index (χ1) is 8.47. The van der Waals surface area contributed by atoms with Gasteiger partial charge in [0.2, 0.25) is 5.82 Å². The van der Waals surface area contributed by atoms with Crippen molar-refractivity contribution in [2.24, 2.45) is 5.92 Å². The van der Waals surface area contributed by atoms with E-state index in [0.29, 0.717) is 18.5 Å². The van der Waals surface area contributed by atoms with Crippen molar-refractivity contribution in [3.63, 3.8) is 0 Å². The van der Waals surface area contributed by atoms with Crippen molar-refractivity contribution in [1.82, 2.24) is 4.90 Å². The van der Waals surface area contributed by atoms with Crippen LogP contribution in [-0.2, 0) is 6.54 Å². The molecule has 2 atom stereocenters. The Morgan fingerprint density at radius 1 is 1.50 bits per heavy atom. The van der Waals surface area contributed by atoms with Crippen LogP contribution in [0.4, 0.5) is 10.1 Å². The van der Waals surface area contributed by atoms with E-state index in [-0.39, 0.29) is 0 Å². The van der Waals surface area contributed by atoms with E-state index in [0.717, 1.165) is 18.5 Å². The highest BCUT2D eigenvalue weighted by molar-refractivity contribution is 5.35. The summed E-state index contributed by atoms with van der Waals surface area (Å²) in [5.74, 6) is -0.0970. The van der Waals surface area contributed by atoms with Gasteiger partial charge in [-0.2, -0.15) is 4.39 Å². The molecule has 18 heavy (non-hydrogen) atoms. The van der Waals surface area contributed by atoms with Gasteiger partial charge in [0.15, 0.2) is 0 Å². The SMILES string of the molecule is CC1CC(C)N(Cc2ccc([N+](=O)[O-])c(F)c2)C1. The topological polar surface area (TPSA) is 46.4 Å². The predicted molar refractivity (Wildman–Crippen MR) is 66.7 cm³/mol. The highest BCUT2D eigenvalue weighted by Gasteiger charge is 2.26. The molecular weight excluding hydrogens is 235 g/mol. The second-order valence-corrected chi connectivity index (χ2v) is 5.16. The first-order valence-electron chi connectivity index (χ1n) is 6.14. The van der Waals surface area contributed by atoms with Crippen LogP contribution in [0.15, 0.2) is 18.2 Å².